The van der Waals surface area contributed by atoms with Crippen molar-refractivity contribution in [1.29, 1.82) is 0 Å². The van der Waals surface area contributed by atoms with Crippen molar-refractivity contribution in [2.75, 3.05) is 5.75 Å². The molecule has 0 aromatic carbocycles. The van der Waals surface area contributed by atoms with Gasteiger partial charge in [0.05, 0.1) is 0 Å². The fraction of sp³-hybridized carbons (Fsp3) is 0.714. The second-order valence-corrected chi connectivity index (χ2v) is 3.46. The molecule has 12 heavy (non-hydrogen) atoms. The lowest BCUT2D eigenvalue weighted by atomic mass is 10.1. The molecule has 4 nitrogen and oxygen atoms in total. The van der Waals surface area contributed by atoms with Crippen molar-refractivity contribution in [1.82, 2.24) is 5.32 Å². The number of hydrogen-bond donors (Lipinski definition) is 3. The molecule has 0 fully saturated rings. The van der Waals surface area contributed by atoms with Gasteiger partial charge in [-0.05, 0) is 19.6 Å². The van der Waals surface area contributed by atoms with Crippen LogP contribution in [0.3, 0.4) is 0 Å². The number of rotatable bonds is 4. The third-order valence-electron chi connectivity index (χ3n) is 1.41. The van der Waals surface area contributed by atoms with Crippen LogP contribution in [0.2, 0.25) is 0 Å². The van der Waals surface area contributed by atoms with Crippen LogP contribution in [0.4, 0.5) is 0 Å². The van der Waals surface area contributed by atoms with E-state index in [1.54, 1.807) is 13.8 Å². The predicted molar refractivity (Wildman–Crippen MR) is 49.9 cm³/mol. The summed E-state index contributed by atoms with van der Waals surface area (Å²) in [5.74, 6) is -0.301. The van der Waals surface area contributed by atoms with E-state index in [1.807, 2.05) is 0 Å². The minimum atomic E-state index is -0.972. The molecule has 0 aliphatic rings. The average Bonchev–Trinajstić information content (AvgIpc) is 1.85. The molecule has 0 spiro atoms. The molecule has 0 heterocycles. The van der Waals surface area contributed by atoms with Crippen LogP contribution in [0.1, 0.15) is 20.3 Å². The van der Waals surface area contributed by atoms with Crippen molar-refractivity contribution in [3.8, 4) is 0 Å². The van der Waals surface area contributed by atoms with Gasteiger partial charge >= 0.3 is 0 Å². The normalized spacial score (nSPS) is 10.9. The molecule has 0 unspecified atom stereocenters. The Morgan fingerprint density at radius 3 is 2.33 bits per heavy atom. The summed E-state index contributed by atoms with van der Waals surface area (Å²) in [6.45, 7) is 3.12. The molecule has 0 atom stereocenters. The Bertz CT molecular complexity index is 192. The van der Waals surface area contributed by atoms with Crippen molar-refractivity contribution in [2.45, 2.75) is 25.8 Å². The van der Waals surface area contributed by atoms with Crippen molar-refractivity contribution < 1.29 is 9.59 Å². The highest BCUT2D eigenvalue weighted by atomic mass is 32.1. The van der Waals surface area contributed by atoms with Crippen LogP contribution in [-0.2, 0) is 9.59 Å². The quantitative estimate of drug-likeness (QED) is 0.532. The third-order valence-corrected chi connectivity index (χ3v) is 1.63. The number of amides is 2. The monoisotopic (exact) mass is 190 g/mol. The lowest BCUT2D eigenvalue weighted by Gasteiger charge is -2.21. The van der Waals surface area contributed by atoms with Crippen LogP contribution in [0, 0.1) is 0 Å². The maximum absolute atomic E-state index is 11.0. The average molecular weight is 190 g/mol. The summed E-state index contributed by atoms with van der Waals surface area (Å²) in [5.41, 5.74) is 4.07. The fourth-order valence-corrected chi connectivity index (χ4v) is 0.777. The second-order valence-electron chi connectivity index (χ2n) is 3.01. The first-order valence-corrected chi connectivity index (χ1v) is 4.25. The minimum absolute atomic E-state index is 0.214. The number of thiol groups is 1. The Balaban J connectivity index is 4.06. The molecular formula is C7H14N2O2S. The maximum atomic E-state index is 11.0. The molecule has 0 aromatic heterocycles. The highest BCUT2D eigenvalue weighted by molar-refractivity contribution is 7.80. The number of nitrogens with two attached hydrogens (primary N) is 1. The zero-order chi connectivity index (χ0) is 9.78. The molecule has 0 bridgehead atoms. The van der Waals surface area contributed by atoms with Gasteiger partial charge in [0.15, 0.2) is 0 Å². The van der Waals surface area contributed by atoms with E-state index >= 15 is 0 Å². The SMILES string of the molecule is CC(C)(NC(=O)CCS)C(N)=O. The molecule has 0 saturated heterocycles. The first kappa shape index (κ1) is 11.3. The lowest BCUT2D eigenvalue weighted by molar-refractivity contribution is -0.130. The Morgan fingerprint density at radius 2 is 2.00 bits per heavy atom. The van der Waals surface area contributed by atoms with Crippen molar-refractivity contribution >= 4 is 24.4 Å². The Kier molecular flexibility index (Phi) is 4.09. The molecule has 5 heteroatoms. The van der Waals surface area contributed by atoms with E-state index in [-0.39, 0.29) is 5.91 Å². The van der Waals surface area contributed by atoms with Gasteiger partial charge in [-0.25, -0.2) is 0 Å². The van der Waals surface area contributed by atoms with E-state index in [4.69, 9.17) is 5.73 Å². The first-order valence-electron chi connectivity index (χ1n) is 3.62. The van der Waals surface area contributed by atoms with Crippen LogP contribution >= 0.6 is 12.6 Å². The summed E-state index contributed by atoms with van der Waals surface area (Å²) in [5, 5.41) is 2.49. The summed E-state index contributed by atoms with van der Waals surface area (Å²) >= 11 is 3.88. The predicted octanol–water partition coefficient (Wildman–Crippen LogP) is -0.314. The zero-order valence-electron chi connectivity index (χ0n) is 7.26. The van der Waals surface area contributed by atoms with Gasteiger partial charge in [0.25, 0.3) is 0 Å². The Morgan fingerprint density at radius 1 is 1.50 bits per heavy atom. The van der Waals surface area contributed by atoms with Crippen LogP contribution in [0.15, 0.2) is 0 Å². The van der Waals surface area contributed by atoms with Crippen LogP contribution in [0.25, 0.3) is 0 Å². The smallest absolute Gasteiger partial charge is 0.242 e. The Labute approximate surface area is 77.3 Å². The van der Waals surface area contributed by atoms with Gasteiger partial charge in [-0.1, -0.05) is 0 Å². The van der Waals surface area contributed by atoms with Crippen LogP contribution in [0.5, 0.6) is 0 Å². The van der Waals surface area contributed by atoms with Gasteiger partial charge in [0.2, 0.25) is 11.8 Å². The van der Waals surface area contributed by atoms with Gasteiger partial charge in [-0.2, -0.15) is 12.6 Å². The van der Waals surface area contributed by atoms with Gasteiger partial charge in [0, 0.05) is 6.42 Å². The molecule has 0 aliphatic carbocycles. The highest BCUT2D eigenvalue weighted by Crippen LogP contribution is 2.00. The first-order chi connectivity index (χ1) is 5.40. The van der Waals surface area contributed by atoms with E-state index in [2.05, 4.69) is 17.9 Å². The van der Waals surface area contributed by atoms with E-state index in [0.29, 0.717) is 12.2 Å². The molecule has 0 aromatic rings. The van der Waals surface area contributed by atoms with Crippen molar-refractivity contribution in [3.05, 3.63) is 0 Å². The van der Waals surface area contributed by atoms with Gasteiger partial charge in [-0.3, -0.25) is 9.59 Å². The summed E-state index contributed by atoms with van der Waals surface area (Å²) in [6.07, 6.45) is 0.291. The molecule has 0 aliphatic heterocycles. The topological polar surface area (TPSA) is 72.2 Å². The van der Waals surface area contributed by atoms with Crippen molar-refractivity contribution in [3.63, 3.8) is 0 Å². The van der Waals surface area contributed by atoms with E-state index in [9.17, 15) is 9.59 Å². The van der Waals surface area contributed by atoms with Crippen LogP contribution in [-0.4, -0.2) is 23.1 Å². The molecule has 0 saturated carbocycles. The second kappa shape index (κ2) is 4.35. The molecule has 0 rings (SSSR count). The number of primary amides is 1. The number of carbonyl (C=O) groups excluding carboxylic acids is 2. The van der Waals surface area contributed by atoms with E-state index in [1.165, 1.54) is 0 Å². The van der Waals surface area contributed by atoms with Gasteiger partial charge < -0.3 is 11.1 Å². The standard InChI is InChI=1S/C7H14N2O2S/c1-7(2,6(8)11)9-5(10)3-4-12/h12H,3-4H2,1-2H3,(H2,8,11)(H,9,10). The van der Waals surface area contributed by atoms with Gasteiger partial charge in [-0.15, -0.1) is 0 Å². The largest absolute Gasteiger partial charge is 0.368 e. The summed E-state index contributed by atoms with van der Waals surface area (Å²) < 4.78 is 0. The van der Waals surface area contributed by atoms with E-state index in [0.717, 1.165) is 0 Å². The minimum Gasteiger partial charge on any atom is -0.368 e. The number of nitrogens with one attached hydrogen (secondary N) is 1. The highest BCUT2D eigenvalue weighted by Gasteiger charge is 2.26. The molecule has 3 N–H and O–H groups in total. The van der Waals surface area contributed by atoms with Crippen molar-refractivity contribution in [2.24, 2.45) is 5.73 Å². The summed E-state index contributed by atoms with van der Waals surface area (Å²) in [7, 11) is 0. The van der Waals surface area contributed by atoms with Crippen LogP contribution < -0.4 is 11.1 Å². The summed E-state index contributed by atoms with van der Waals surface area (Å²) in [4.78, 5) is 21.7. The van der Waals surface area contributed by atoms with E-state index < -0.39 is 11.4 Å². The molecule has 0 radical (unpaired) electrons. The molecule has 70 valence electrons. The lowest BCUT2D eigenvalue weighted by Crippen LogP contribution is -2.53. The molecule has 2 amide bonds. The number of carbonyl (C=O) groups is 2. The number of hydrogen-bond acceptors (Lipinski definition) is 3. The summed E-state index contributed by atoms with van der Waals surface area (Å²) in [6, 6.07) is 0. The third kappa shape index (κ3) is 3.61. The Hall–Kier alpha value is -0.710. The van der Waals surface area contributed by atoms with Gasteiger partial charge in [0.1, 0.15) is 5.54 Å². The fourth-order valence-electron chi connectivity index (χ4n) is 0.574. The maximum Gasteiger partial charge on any atom is 0.242 e. The molecular weight excluding hydrogens is 176 g/mol. The zero-order valence-corrected chi connectivity index (χ0v) is 8.15.